The molecule has 4 rings (SSSR count). The Kier molecular flexibility index (Phi) is 2.60. The van der Waals surface area contributed by atoms with Gasteiger partial charge in [-0.2, -0.15) is 0 Å². The minimum absolute atomic E-state index is 0.183. The van der Waals surface area contributed by atoms with Crippen molar-refractivity contribution in [1.82, 2.24) is 4.90 Å². The highest BCUT2D eigenvalue weighted by atomic mass is 16.2. The Morgan fingerprint density at radius 2 is 2.00 bits per heavy atom. The molecule has 2 aliphatic carbocycles. The molecule has 3 heteroatoms. The summed E-state index contributed by atoms with van der Waals surface area (Å²) in [6, 6.07) is 8.19. The summed E-state index contributed by atoms with van der Waals surface area (Å²) in [6.45, 7) is 2.02. The monoisotopic (exact) mass is 270 g/mol. The standard InChI is InChI=1S/C17H22N2O/c1-18-12-17(9-10-17)19(11-13-5-4-6-13)15-8-3-2-7-14(15)16(18)20/h2-3,7-8,13H,4-6,9-12H2,1H3. The molecule has 0 saturated heterocycles. The summed E-state index contributed by atoms with van der Waals surface area (Å²) < 4.78 is 0. The van der Waals surface area contributed by atoms with E-state index in [0.29, 0.717) is 0 Å². The van der Waals surface area contributed by atoms with Crippen LogP contribution in [0.2, 0.25) is 0 Å². The van der Waals surface area contributed by atoms with Gasteiger partial charge in [0, 0.05) is 20.1 Å². The number of amides is 1. The molecule has 20 heavy (non-hydrogen) atoms. The molecule has 0 N–H and O–H groups in total. The van der Waals surface area contributed by atoms with Gasteiger partial charge in [-0.25, -0.2) is 0 Å². The van der Waals surface area contributed by atoms with Gasteiger partial charge < -0.3 is 9.80 Å². The summed E-state index contributed by atoms with van der Waals surface area (Å²) in [6.07, 6.45) is 6.56. The van der Waals surface area contributed by atoms with E-state index in [1.54, 1.807) is 0 Å². The molecule has 3 aliphatic rings. The number of likely N-dealkylation sites (N-methyl/N-ethyl adjacent to an activating group) is 1. The second-order valence-electron chi connectivity index (χ2n) is 6.81. The highest BCUT2D eigenvalue weighted by Crippen LogP contribution is 2.48. The molecule has 2 saturated carbocycles. The number of fused-ring (bicyclic) bond motifs is 1. The molecule has 0 atom stereocenters. The second-order valence-corrected chi connectivity index (χ2v) is 6.81. The molecule has 0 radical (unpaired) electrons. The van der Waals surface area contributed by atoms with Gasteiger partial charge in [0.2, 0.25) is 0 Å². The van der Waals surface area contributed by atoms with Crippen molar-refractivity contribution >= 4 is 11.6 Å². The van der Waals surface area contributed by atoms with Crippen molar-refractivity contribution in [3.63, 3.8) is 0 Å². The van der Waals surface area contributed by atoms with Crippen LogP contribution in [0.25, 0.3) is 0 Å². The van der Waals surface area contributed by atoms with Crippen LogP contribution in [-0.4, -0.2) is 36.5 Å². The summed E-state index contributed by atoms with van der Waals surface area (Å²) in [5, 5.41) is 0. The fraction of sp³-hybridized carbons (Fsp3) is 0.588. The molecule has 1 heterocycles. The predicted molar refractivity (Wildman–Crippen MR) is 80.1 cm³/mol. The summed E-state index contributed by atoms with van der Waals surface area (Å²) in [5.74, 6) is 1.02. The lowest BCUT2D eigenvalue weighted by atomic mass is 9.84. The highest BCUT2D eigenvalue weighted by Gasteiger charge is 2.52. The molecule has 0 aromatic heterocycles. The smallest absolute Gasteiger partial charge is 0.255 e. The molecule has 3 nitrogen and oxygen atoms in total. The predicted octanol–water partition coefficient (Wildman–Crippen LogP) is 2.91. The Hall–Kier alpha value is -1.51. The van der Waals surface area contributed by atoms with Gasteiger partial charge in [-0.15, -0.1) is 0 Å². The van der Waals surface area contributed by atoms with E-state index in [1.807, 2.05) is 24.1 Å². The molecule has 1 aliphatic heterocycles. The first-order chi connectivity index (χ1) is 9.70. The topological polar surface area (TPSA) is 23.6 Å². The van der Waals surface area contributed by atoms with E-state index in [1.165, 1.54) is 37.8 Å². The molecule has 0 unspecified atom stereocenters. The fourth-order valence-corrected chi connectivity index (χ4v) is 3.75. The maximum atomic E-state index is 12.6. The maximum absolute atomic E-state index is 12.6. The van der Waals surface area contributed by atoms with Gasteiger partial charge in [-0.05, 0) is 43.7 Å². The van der Waals surface area contributed by atoms with Gasteiger partial charge in [0.25, 0.3) is 5.91 Å². The Labute approximate surface area is 120 Å². The molecular formula is C17H22N2O. The number of nitrogens with zero attached hydrogens (tertiary/aromatic N) is 2. The third kappa shape index (κ3) is 1.75. The van der Waals surface area contributed by atoms with E-state index in [9.17, 15) is 4.79 Å². The number of benzene rings is 1. The van der Waals surface area contributed by atoms with E-state index in [2.05, 4.69) is 17.0 Å². The first-order valence-corrected chi connectivity index (χ1v) is 7.82. The van der Waals surface area contributed by atoms with Crippen LogP contribution < -0.4 is 4.90 Å². The Balaban J connectivity index is 1.77. The molecule has 1 aromatic rings. The van der Waals surface area contributed by atoms with Crippen LogP contribution in [0.3, 0.4) is 0 Å². The molecule has 0 bridgehead atoms. The largest absolute Gasteiger partial charge is 0.363 e. The molecule has 2 fully saturated rings. The summed E-state index contributed by atoms with van der Waals surface area (Å²) in [4.78, 5) is 17.1. The normalized spacial score (nSPS) is 24.4. The number of hydrogen-bond acceptors (Lipinski definition) is 2. The summed E-state index contributed by atoms with van der Waals surface area (Å²) in [5.41, 5.74) is 2.29. The number of para-hydroxylation sites is 1. The van der Waals surface area contributed by atoms with E-state index in [-0.39, 0.29) is 11.4 Å². The molecular weight excluding hydrogens is 248 g/mol. The third-order valence-corrected chi connectivity index (χ3v) is 5.37. The van der Waals surface area contributed by atoms with Crippen molar-refractivity contribution in [1.29, 1.82) is 0 Å². The first-order valence-electron chi connectivity index (χ1n) is 7.82. The van der Waals surface area contributed by atoms with Gasteiger partial charge in [-0.3, -0.25) is 4.79 Å². The quantitative estimate of drug-likeness (QED) is 0.825. The summed E-state index contributed by atoms with van der Waals surface area (Å²) in [7, 11) is 1.95. The Morgan fingerprint density at radius 1 is 1.25 bits per heavy atom. The zero-order valence-corrected chi connectivity index (χ0v) is 12.1. The van der Waals surface area contributed by atoms with Crippen LogP contribution in [0.4, 0.5) is 5.69 Å². The lowest BCUT2D eigenvalue weighted by molar-refractivity contribution is 0.0790. The van der Waals surface area contributed by atoms with Crippen molar-refractivity contribution < 1.29 is 4.79 Å². The number of rotatable bonds is 2. The number of carbonyl (C=O) groups excluding carboxylic acids is 1. The van der Waals surface area contributed by atoms with Crippen molar-refractivity contribution in [3.8, 4) is 0 Å². The minimum Gasteiger partial charge on any atom is -0.363 e. The third-order valence-electron chi connectivity index (χ3n) is 5.37. The van der Waals surface area contributed by atoms with Gasteiger partial charge in [0.05, 0.1) is 16.8 Å². The van der Waals surface area contributed by atoms with Gasteiger partial charge in [-0.1, -0.05) is 18.6 Å². The number of carbonyl (C=O) groups is 1. The molecule has 1 spiro atoms. The van der Waals surface area contributed by atoms with Crippen LogP contribution in [0, 0.1) is 5.92 Å². The van der Waals surface area contributed by atoms with Crippen LogP contribution in [0.1, 0.15) is 42.5 Å². The lowest BCUT2D eigenvalue weighted by Crippen LogP contribution is -2.46. The number of anilines is 1. The van der Waals surface area contributed by atoms with Crippen LogP contribution in [0.5, 0.6) is 0 Å². The molecule has 106 valence electrons. The van der Waals surface area contributed by atoms with Gasteiger partial charge in [0.1, 0.15) is 0 Å². The lowest BCUT2D eigenvalue weighted by Gasteiger charge is -2.39. The van der Waals surface area contributed by atoms with Crippen LogP contribution in [-0.2, 0) is 0 Å². The van der Waals surface area contributed by atoms with E-state index in [4.69, 9.17) is 0 Å². The van der Waals surface area contributed by atoms with Gasteiger partial charge in [0.15, 0.2) is 0 Å². The second kappa shape index (κ2) is 4.24. The average molecular weight is 270 g/mol. The van der Waals surface area contributed by atoms with E-state index < -0.39 is 0 Å². The zero-order valence-electron chi connectivity index (χ0n) is 12.1. The van der Waals surface area contributed by atoms with Crippen molar-refractivity contribution in [2.45, 2.75) is 37.6 Å². The van der Waals surface area contributed by atoms with Crippen molar-refractivity contribution in [2.24, 2.45) is 5.92 Å². The zero-order chi connectivity index (χ0) is 13.7. The van der Waals surface area contributed by atoms with Crippen molar-refractivity contribution in [3.05, 3.63) is 29.8 Å². The average Bonchev–Trinajstić information content (AvgIpc) is 3.17. The SMILES string of the molecule is CN1CC2(CC2)N(CC2CCC2)c2ccccc2C1=O. The highest BCUT2D eigenvalue weighted by molar-refractivity contribution is 6.00. The minimum atomic E-state index is 0.183. The maximum Gasteiger partial charge on any atom is 0.255 e. The Bertz CT molecular complexity index is 546. The molecule has 1 aromatic carbocycles. The fourth-order valence-electron chi connectivity index (χ4n) is 3.75. The number of hydrogen-bond donors (Lipinski definition) is 0. The molecule has 1 amide bonds. The first kappa shape index (κ1) is 12.2. The van der Waals surface area contributed by atoms with E-state index in [0.717, 1.165) is 24.6 Å². The van der Waals surface area contributed by atoms with Gasteiger partial charge >= 0.3 is 0 Å². The van der Waals surface area contributed by atoms with Crippen LogP contribution in [0.15, 0.2) is 24.3 Å². The van der Waals surface area contributed by atoms with Crippen molar-refractivity contribution in [2.75, 3.05) is 25.0 Å². The van der Waals surface area contributed by atoms with Crippen LogP contribution >= 0.6 is 0 Å². The Morgan fingerprint density at radius 3 is 2.65 bits per heavy atom. The summed E-state index contributed by atoms with van der Waals surface area (Å²) >= 11 is 0. The van der Waals surface area contributed by atoms with E-state index >= 15 is 0 Å².